The minimum absolute atomic E-state index is 0.0217. The van der Waals surface area contributed by atoms with Gasteiger partial charge < -0.3 is 16.2 Å². The van der Waals surface area contributed by atoms with Crippen LogP contribution in [0.1, 0.15) is 25.8 Å². The SMILES string of the molecule is CCc1cccc(NC(N)=N[C@H](CC)CO)c1. The summed E-state index contributed by atoms with van der Waals surface area (Å²) in [6, 6.07) is 7.92. The average Bonchev–Trinajstić information content (AvgIpc) is 2.36. The van der Waals surface area contributed by atoms with Crippen LogP contribution in [0.2, 0.25) is 0 Å². The Morgan fingerprint density at radius 2 is 2.24 bits per heavy atom. The minimum Gasteiger partial charge on any atom is -0.394 e. The van der Waals surface area contributed by atoms with Gasteiger partial charge in [-0.15, -0.1) is 0 Å². The number of aliphatic hydroxyl groups excluding tert-OH is 1. The number of hydrogen-bond donors (Lipinski definition) is 3. The molecule has 0 heterocycles. The molecule has 0 unspecified atom stereocenters. The highest BCUT2D eigenvalue weighted by molar-refractivity contribution is 5.92. The van der Waals surface area contributed by atoms with Crippen LogP contribution in [-0.4, -0.2) is 23.7 Å². The van der Waals surface area contributed by atoms with Gasteiger partial charge in [0.25, 0.3) is 0 Å². The van der Waals surface area contributed by atoms with Crippen LogP contribution in [0.3, 0.4) is 0 Å². The van der Waals surface area contributed by atoms with E-state index in [1.165, 1.54) is 5.56 Å². The van der Waals surface area contributed by atoms with E-state index in [0.29, 0.717) is 5.96 Å². The first kappa shape index (κ1) is 13.5. The van der Waals surface area contributed by atoms with Crippen molar-refractivity contribution in [2.75, 3.05) is 11.9 Å². The molecule has 0 saturated carbocycles. The summed E-state index contributed by atoms with van der Waals surface area (Å²) in [6.45, 7) is 4.10. The molecule has 0 aromatic heterocycles. The first-order chi connectivity index (χ1) is 8.19. The third-order valence-electron chi connectivity index (χ3n) is 2.61. The van der Waals surface area contributed by atoms with E-state index in [0.717, 1.165) is 18.5 Å². The number of hydrogen-bond acceptors (Lipinski definition) is 2. The average molecular weight is 235 g/mol. The van der Waals surface area contributed by atoms with Gasteiger partial charge in [0, 0.05) is 5.69 Å². The molecule has 1 aromatic carbocycles. The van der Waals surface area contributed by atoms with Crippen molar-refractivity contribution in [1.29, 1.82) is 0 Å². The van der Waals surface area contributed by atoms with Gasteiger partial charge in [0.15, 0.2) is 5.96 Å². The molecule has 0 saturated heterocycles. The highest BCUT2D eigenvalue weighted by Gasteiger charge is 2.03. The molecule has 0 spiro atoms. The predicted molar refractivity (Wildman–Crippen MR) is 72.2 cm³/mol. The number of benzene rings is 1. The van der Waals surface area contributed by atoms with Gasteiger partial charge in [-0.2, -0.15) is 0 Å². The molecule has 0 bridgehead atoms. The van der Waals surface area contributed by atoms with Crippen LogP contribution < -0.4 is 11.1 Å². The molecular weight excluding hydrogens is 214 g/mol. The molecule has 94 valence electrons. The van der Waals surface area contributed by atoms with Crippen molar-refractivity contribution in [3.63, 3.8) is 0 Å². The first-order valence-electron chi connectivity index (χ1n) is 5.99. The van der Waals surface area contributed by atoms with Crippen molar-refractivity contribution in [1.82, 2.24) is 0 Å². The van der Waals surface area contributed by atoms with Gasteiger partial charge in [0.2, 0.25) is 0 Å². The zero-order chi connectivity index (χ0) is 12.7. The number of nitrogens with zero attached hydrogens (tertiary/aromatic N) is 1. The molecular formula is C13H21N3O. The molecule has 17 heavy (non-hydrogen) atoms. The van der Waals surface area contributed by atoms with Gasteiger partial charge in [0.1, 0.15) is 0 Å². The normalized spacial score (nSPS) is 13.5. The molecule has 1 rings (SSSR count). The van der Waals surface area contributed by atoms with Gasteiger partial charge >= 0.3 is 0 Å². The molecule has 0 aliphatic rings. The van der Waals surface area contributed by atoms with Crippen LogP contribution in [0.15, 0.2) is 29.3 Å². The number of nitrogens with two attached hydrogens (primary N) is 1. The Kier molecular flexibility index (Phi) is 5.49. The Labute approximate surface area is 103 Å². The van der Waals surface area contributed by atoms with Crippen LogP contribution in [0.25, 0.3) is 0 Å². The largest absolute Gasteiger partial charge is 0.394 e. The van der Waals surface area contributed by atoms with Gasteiger partial charge in [0.05, 0.1) is 12.6 Å². The topological polar surface area (TPSA) is 70.6 Å². The lowest BCUT2D eigenvalue weighted by atomic mass is 10.1. The summed E-state index contributed by atoms with van der Waals surface area (Å²) in [5.41, 5.74) is 7.95. The van der Waals surface area contributed by atoms with E-state index in [1.807, 2.05) is 25.1 Å². The first-order valence-corrected chi connectivity index (χ1v) is 5.99. The smallest absolute Gasteiger partial charge is 0.193 e. The number of rotatable bonds is 5. The van der Waals surface area contributed by atoms with Crippen molar-refractivity contribution < 1.29 is 5.11 Å². The summed E-state index contributed by atoms with van der Waals surface area (Å²) in [5, 5.41) is 12.1. The lowest BCUT2D eigenvalue weighted by molar-refractivity contribution is 0.264. The molecule has 0 amide bonds. The third kappa shape index (κ3) is 4.44. The number of aryl methyl sites for hydroxylation is 1. The summed E-state index contributed by atoms with van der Waals surface area (Å²) in [5.74, 6) is 0.346. The summed E-state index contributed by atoms with van der Waals surface area (Å²) in [4.78, 5) is 4.20. The molecule has 4 nitrogen and oxygen atoms in total. The summed E-state index contributed by atoms with van der Waals surface area (Å²) in [7, 11) is 0. The van der Waals surface area contributed by atoms with Crippen LogP contribution >= 0.6 is 0 Å². The molecule has 1 aromatic rings. The molecule has 0 aliphatic heterocycles. The minimum atomic E-state index is -0.128. The Morgan fingerprint density at radius 3 is 2.82 bits per heavy atom. The second-order valence-electron chi connectivity index (χ2n) is 3.94. The maximum atomic E-state index is 9.03. The fourth-order valence-corrected chi connectivity index (χ4v) is 1.51. The van der Waals surface area contributed by atoms with E-state index in [-0.39, 0.29) is 12.6 Å². The fraction of sp³-hybridized carbons (Fsp3) is 0.462. The summed E-state index contributed by atoms with van der Waals surface area (Å²) < 4.78 is 0. The van der Waals surface area contributed by atoms with Crippen LogP contribution in [0.4, 0.5) is 5.69 Å². The van der Waals surface area contributed by atoms with Gasteiger partial charge in [-0.25, -0.2) is 4.99 Å². The number of guanidine groups is 1. The van der Waals surface area contributed by atoms with Crippen LogP contribution in [0.5, 0.6) is 0 Å². The fourth-order valence-electron chi connectivity index (χ4n) is 1.51. The number of aliphatic imine (C=N–C) groups is 1. The van der Waals surface area contributed by atoms with Gasteiger partial charge in [-0.3, -0.25) is 0 Å². The van der Waals surface area contributed by atoms with Crippen molar-refractivity contribution in [2.24, 2.45) is 10.7 Å². The van der Waals surface area contributed by atoms with Gasteiger partial charge in [-0.1, -0.05) is 26.0 Å². The van der Waals surface area contributed by atoms with E-state index in [4.69, 9.17) is 10.8 Å². The zero-order valence-electron chi connectivity index (χ0n) is 10.5. The molecule has 4 N–H and O–H groups in total. The van der Waals surface area contributed by atoms with Crippen molar-refractivity contribution >= 4 is 11.6 Å². The van der Waals surface area contributed by atoms with E-state index in [9.17, 15) is 0 Å². The second kappa shape index (κ2) is 6.91. The molecule has 1 atom stereocenters. The standard InChI is InChI=1S/C13H21N3O/c1-3-10-6-5-7-12(8-10)16-13(14)15-11(4-2)9-17/h5-8,11,17H,3-4,9H2,1-2H3,(H3,14,15,16)/t11-/m1/s1. The number of anilines is 1. The maximum Gasteiger partial charge on any atom is 0.193 e. The zero-order valence-corrected chi connectivity index (χ0v) is 10.5. The Bertz CT molecular complexity index is 373. The predicted octanol–water partition coefficient (Wildman–Crippen LogP) is 1.75. The van der Waals surface area contributed by atoms with Crippen molar-refractivity contribution in [2.45, 2.75) is 32.7 Å². The number of aliphatic hydroxyl groups is 1. The monoisotopic (exact) mass is 235 g/mol. The lowest BCUT2D eigenvalue weighted by Gasteiger charge is -2.10. The second-order valence-corrected chi connectivity index (χ2v) is 3.94. The molecule has 0 fully saturated rings. The number of nitrogens with one attached hydrogen (secondary N) is 1. The Balaban J connectivity index is 2.69. The van der Waals surface area contributed by atoms with Crippen molar-refractivity contribution in [3.05, 3.63) is 29.8 Å². The molecule has 0 radical (unpaired) electrons. The van der Waals surface area contributed by atoms with Crippen molar-refractivity contribution in [3.8, 4) is 0 Å². The molecule has 4 heteroatoms. The van der Waals surface area contributed by atoms with Gasteiger partial charge in [-0.05, 0) is 30.5 Å². The van der Waals surface area contributed by atoms with Crippen LogP contribution in [0, 0.1) is 0 Å². The van der Waals surface area contributed by atoms with E-state index in [2.05, 4.69) is 23.3 Å². The summed E-state index contributed by atoms with van der Waals surface area (Å²) in [6.07, 6.45) is 1.76. The Morgan fingerprint density at radius 1 is 1.47 bits per heavy atom. The highest BCUT2D eigenvalue weighted by atomic mass is 16.3. The van der Waals surface area contributed by atoms with E-state index < -0.39 is 0 Å². The van der Waals surface area contributed by atoms with E-state index in [1.54, 1.807) is 0 Å². The third-order valence-corrected chi connectivity index (χ3v) is 2.61. The van der Waals surface area contributed by atoms with E-state index >= 15 is 0 Å². The maximum absolute atomic E-state index is 9.03. The quantitative estimate of drug-likeness (QED) is 0.538. The van der Waals surface area contributed by atoms with Crippen LogP contribution in [-0.2, 0) is 6.42 Å². The lowest BCUT2D eigenvalue weighted by Crippen LogP contribution is -2.26. The Hall–Kier alpha value is -1.55. The summed E-state index contributed by atoms with van der Waals surface area (Å²) >= 11 is 0. The highest BCUT2D eigenvalue weighted by Crippen LogP contribution is 2.10. The molecule has 0 aliphatic carbocycles.